The molecule has 0 unspecified atom stereocenters. The summed E-state index contributed by atoms with van der Waals surface area (Å²) in [6.45, 7) is 2.23. The normalized spacial score (nSPS) is 10.0. The van der Waals surface area contributed by atoms with E-state index < -0.39 is 0 Å². The maximum absolute atomic E-state index is 2.49. The molecule has 0 heterocycles. The molecular formula is C3H7I2P. The van der Waals surface area contributed by atoms with Crippen molar-refractivity contribution in [3.05, 3.63) is 0 Å². The molecule has 0 bridgehead atoms. The van der Waals surface area contributed by atoms with Crippen LogP contribution < -0.4 is 0 Å². The highest BCUT2D eigenvalue weighted by Gasteiger charge is 1.89. The average Bonchev–Trinajstić information content (AvgIpc) is 1.35. The third-order valence-electron chi connectivity index (χ3n) is 0.393. The Bertz CT molecular complexity index is 30.0. The van der Waals surface area contributed by atoms with Crippen LogP contribution in [0.1, 0.15) is 13.3 Å². The van der Waals surface area contributed by atoms with Crippen LogP contribution >= 0.6 is 47.3 Å². The Balaban J connectivity index is 2.63. The molecule has 0 aromatic heterocycles. The molecule has 0 fully saturated rings. The molecule has 0 rings (SSSR count). The molecule has 38 valence electrons. The topological polar surface area (TPSA) is 0 Å². The van der Waals surface area contributed by atoms with Crippen LogP contribution in [0.5, 0.6) is 0 Å². The minimum atomic E-state index is 0.339. The zero-order valence-corrected chi connectivity index (χ0v) is 8.83. The Hall–Kier alpha value is 1.89. The summed E-state index contributed by atoms with van der Waals surface area (Å²) >= 11 is 4.99. The van der Waals surface area contributed by atoms with Crippen LogP contribution in [0.2, 0.25) is 0 Å². The molecule has 0 amide bonds. The van der Waals surface area contributed by atoms with Gasteiger partial charge in [0.15, 0.2) is 0 Å². The van der Waals surface area contributed by atoms with E-state index >= 15 is 0 Å². The van der Waals surface area contributed by atoms with E-state index in [1.165, 1.54) is 12.6 Å². The molecule has 0 aliphatic heterocycles. The first-order valence-corrected chi connectivity index (χ1v) is 8.96. The second-order valence-electron chi connectivity index (χ2n) is 1.03. The van der Waals surface area contributed by atoms with Gasteiger partial charge in [-0.05, 0) is 50.2 Å². The van der Waals surface area contributed by atoms with Crippen LogP contribution in [0.3, 0.4) is 0 Å². The molecule has 0 N–H and O–H groups in total. The Morgan fingerprint density at radius 2 is 2.00 bits per heavy atom. The highest BCUT2D eigenvalue weighted by atomic mass is 127. The van der Waals surface area contributed by atoms with Gasteiger partial charge in [-0.3, -0.25) is 0 Å². The Labute approximate surface area is 66.2 Å². The van der Waals surface area contributed by atoms with E-state index in [1.54, 1.807) is 0 Å². The van der Waals surface area contributed by atoms with Crippen LogP contribution in [-0.4, -0.2) is 6.16 Å². The van der Waals surface area contributed by atoms with Crippen molar-refractivity contribution in [2.24, 2.45) is 0 Å². The monoisotopic (exact) mass is 328 g/mol. The van der Waals surface area contributed by atoms with Crippen molar-refractivity contribution in [1.29, 1.82) is 0 Å². The first kappa shape index (κ1) is 7.89. The van der Waals surface area contributed by atoms with Crippen LogP contribution in [0.15, 0.2) is 0 Å². The minimum Gasteiger partial charge on any atom is -0.0650 e. The van der Waals surface area contributed by atoms with E-state index in [-0.39, 0.29) is 0 Å². The fourth-order valence-corrected chi connectivity index (χ4v) is 3.40. The molecule has 0 nitrogen and oxygen atoms in total. The van der Waals surface area contributed by atoms with Crippen LogP contribution in [0, 0.1) is 0 Å². The number of hydrogen-bond donors (Lipinski definition) is 0. The molecule has 0 atom stereocenters. The maximum Gasteiger partial charge on any atom is 0.0247 e. The smallest absolute Gasteiger partial charge is 0.0247 e. The van der Waals surface area contributed by atoms with Crippen molar-refractivity contribution >= 4 is 47.3 Å². The largest absolute Gasteiger partial charge is 0.0650 e. The lowest BCUT2D eigenvalue weighted by molar-refractivity contribution is 1.11. The first-order chi connectivity index (χ1) is 2.77. The highest BCUT2D eigenvalue weighted by Crippen LogP contribution is 2.53. The van der Waals surface area contributed by atoms with Crippen molar-refractivity contribution in [3.8, 4) is 0 Å². The molecule has 0 saturated carbocycles. The van der Waals surface area contributed by atoms with Crippen molar-refractivity contribution in [3.63, 3.8) is 0 Å². The summed E-state index contributed by atoms with van der Waals surface area (Å²) in [4.78, 5) is 0. The summed E-state index contributed by atoms with van der Waals surface area (Å²) in [5.74, 6) is 0. The lowest BCUT2D eigenvalue weighted by Crippen LogP contribution is -1.62. The SMILES string of the molecule is CCCP(I)I. The van der Waals surface area contributed by atoms with Gasteiger partial charge in [0.2, 0.25) is 0 Å². The van der Waals surface area contributed by atoms with E-state index in [1.807, 2.05) is 0 Å². The van der Waals surface area contributed by atoms with E-state index in [0.717, 1.165) is 0 Å². The molecule has 0 aliphatic rings. The third kappa shape index (κ3) is 5.89. The van der Waals surface area contributed by atoms with Crippen molar-refractivity contribution in [2.75, 3.05) is 6.16 Å². The van der Waals surface area contributed by atoms with E-state index in [4.69, 9.17) is 0 Å². The summed E-state index contributed by atoms with van der Waals surface area (Å²) in [5.41, 5.74) is 0. The molecule has 3 heteroatoms. The van der Waals surface area contributed by atoms with Gasteiger partial charge in [-0.2, -0.15) is 0 Å². The summed E-state index contributed by atoms with van der Waals surface area (Å²) < 4.78 is 0.339. The molecular weight excluding hydrogens is 321 g/mol. The standard InChI is InChI=1S/C3H7I2P/c1-2-3-6(4)5/h2-3H2,1H3. The lowest BCUT2D eigenvalue weighted by Gasteiger charge is -1.91. The summed E-state index contributed by atoms with van der Waals surface area (Å²) in [6, 6.07) is 0. The molecule has 0 aromatic rings. The fraction of sp³-hybridized carbons (Fsp3) is 1.00. The van der Waals surface area contributed by atoms with Gasteiger partial charge in [-0.25, -0.2) is 0 Å². The zero-order valence-electron chi connectivity index (χ0n) is 3.62. The van der Waals surface area contributed by atoms with Crippen LogP contribution in [0.25, 0.3) is 0 Å². The van der Waals surface area contributed by atoms with Gasteiger partial charge >= 0.3 is 0 Å². The Kier molecular flexibility index (Phi) is 6.62. The van der Waals surface area contributed by atoms with Crippen LogP contribution in [0.4, 0.5) is 0 Å². The van der Waals surface area contributed by atoms with Crippen molar-refractivity contribution < 1.29 is 0 Å². The molecule has 0 radical (unpaired) electrons. The van der Waals surface area contributed by atoms with Gasteiger partial charge in [-0.15, -0.1) is 0 Å². The summed E-state index contributed by atoms with van der Waals surface area (Å²) in [7, 11) is 0. The van der Waals surface area contributed by atoms with Crippen LogP contribution in [-0.2, 0) is 0 Å². The second-order valence-corrected chi connectivity index (χ2v) is 14.6. The number of hydrogen-bond acceptors (Lipinski definition) is 0. The van der Waals surface area contributed by atoms with Gasteiger partial charge in [0.25, 0.3) is 0 Å². The first-order valence-electron chi connectivity index (χ1n) is 1.86. The highest BCUT2D eigenvalue weighted by molar-refractivity contribution is 14.3. The van der Waals surface area contributed by atoms with Gasteiger partial charge in [0.1, 0.15) is 0 Å². The quantitative estimate of drug-likeness (QED) is 0.537. The molecule has 0 saturated heterocycles. The van der Waals surface area contributed by atoms with Gasteiger partial charge < -0.3 is 0 Å². The predicted molar refractivity (Wildman–Crippen MR) is 50.1 cm³/mol. The second kappa shape index (κ2) is 5.04. The Morgan fingerprint density at radius 3 is 2.00 bits per heavy atom. The minimum absolute atomic E-state index is 0.339. The van der Waals surface area contributed by atoms with Gasteiger partial charge in [0, 0.05) is 3.21 Å². The van der Waals surface area contributed by atoms with Gasteiger partial charge in [0.05, 0.1) is 0 Å². The van der Waals surface area contributed by atoms with E-state index in [0.29, 0.717) is 3.21 Å². The summed E-state index contributed by atoms with van der Waals surface area (Å²) in [6.07, 6.45) is 2.76. The average molecular weight is 328 g/mol. The number of halogens is 2. The molecule has 0 spiro atoms. The van der Waals surface area contributed by atoms with Gasteiger partial charge in [-0.1, -0.05) is 13.3 Å². The Morgan fingerprint density at radius 1 is 1.50 bits per heavy atom. The maximum atomic E-state index is 2.49. The molecule has 6 heavy (non-hydrogen) atoms. The van der Waals surface area contributed by atoms with Crippen molar-refractivity contribution in [2.45, 2.75) is 13.3 Å². The lowest BCUT2D eigenvalue weighted by atomic mass is 10.6. The fourth-order valence-electron chi connectivity index (χ4n) is 0.169. The predicted octanol–water partition coefficient (Wildman–Crippen LogP) is 3.58. The van der Waals surface area contributed by atoms with Crippen molar-refractivity contribution in [1.82, 2.24) is 0 Å². The number of rotatable bonds is 2. The summed E-state index contributed by atoms with van der Waals surface area (Å²) in [5, 5.41) is 0. The molecule has 0 aromatic carbocycles. The zero-order chi connectivity index (χ0) is 4.99. The van der Waals surface area contributed by atoms with E-state index in [9.17, 15) is 0 Å². The molecule has 0 aliphatic carbocycles. The third-order valence-corrected chi connectivity index (χ3v) is 4.07. The van der Waals surface area contributed by atoms with E-state index in [2.05, 4.69) is 51.0 Å².